The highest BCUT2D eigenvalue weighted by molar-refractivity contribution is 4.64. The molecular weight excluding hydrogens is 114 g/mol. The Morgan fingerprint density at radius 2 is 2.00 bits per heavy atom. The van der Waals surface area contributed by atoms with Gasteiger partial charge in [0, 0.05) is 6.54 Å². The SMILES string of the molecule is NC1CCCCCN1N. The maximum Gasteiger partial charge on any atom is 0.0705 e. The van der Waals surface area contributed by atoms with Crippen molar-refractivity contribution in [2.24, 2.45) is 11.6 Å². The molecule has 1 rings (SSSR count). The highest BCUT2D eigenvalue weighted by Crippen LogP contribution is 2.09. The van der Waals surface area contributed by atoms with Gasteiger partial charge in [-0.3, -0.25) is 5.84 Å². The lowest BCUT2D eigenvalue weighted by atomic mass is 10.2. The summed E-state index contributed by atoms with van der Waals surface area (Å²) in [6, 6.07) is 0. The van der Waals surface area contributed by atoms with Crippen molar-refractivity contribution in [1.29, 1.82) is 0 Å². The van der Waals surface area contributed by atoms with Crippen molar-refractivity contribution in [3.8, 4) is 0 Å². The summed E-state index contributed by atoms with van der Waals surface area (Å²) in [4.78, 5) is 0. The van der Waals surface area contributed by atoms with Gasteiger partial charge in [-0.05, 0) is 12.8 Å². The molecule has 0 aromatic heterocycles. The maximum absolute atomic E-state index is 5.68. The molecular formula is C6H15N3. The Kier molecular flexibility index (Phi) is 2.45. The number of hydrogen-bond acceptors (Lipinski definition) is 3. The number of hydrazine groups is 1. The smallest absolute Gasteiger partial charge is 0.0705 e. The van der Waals surface area contributed by atoms with E-state index in [0.29, 0.717) is 0 Å². The molecule has 4 N–H and O–H groups in total. The first kappa shape index (κ1) is 6.99. The fourth-order valence-electron chi connectivity index (χ4n) is 1.16. The van der Waals surface area contributed by atoms with Gasteiger partial charge in [-0.2, -0.15) is 0 Å². The van der Waals surface area contributed by atoms with E-state index in [1.54, 1.807) is 5.01 Å². The van der Waals surface area contributed by atoms with E-state index < -0.39 is 0 Å². The summed E-state index contributed by atoms with van der Waals surface area (Å²) in [5, 5.41) is 1.74. The van der Waals surface area contributed by atoms with Crippen LogP contribution in [0.4, 0.5) is 0 Å². The lowest BCUT2D eigenvalue weighted by molar-refractivity contribution is 0.209. The topological polar surface area (TPSA) is 55.3 Å². The molecule has 0 aromatic rings. The van der Waals surface area contributed by atoms with Crippen molar-refractivity contribution in [3.63, 3.8) is 0 Å². The zero-order valence-corrected chi connectivity index (χ0v) is 5.71. The normalized spacial score (nSPS) is 32.0. The zero-order chi connectivity index (χ0) is 6.69. The average molecular weight is 129 g/mol. The van der Waals surface area contributed by atoms with Crippen LogP contribution in [-0.2, 0) is 0 Å². The first-order valence-electron chi connectivity index (χ1n) is 3.57. The third kappa shape index (κ3) is 1.93. The van der Waals surface area contributed by atoms with Crippen LogP contribution in [0.5, 0.6) is 0 Å². The van der Waals surface area contributed by atoms with Crippen molar-refractivity contribution in [2.75, 3.05) is 6.54 Å². The standard InChI is InChI=1S/C6H15N3/c7-6-4-2-1-3-5-9(6)8/h6H,1-5,7-8H2. The van der Waals surface area contributed by atoms with E-state index in [-0.39, 0.29) is 6.17 Å². The molecule has 0 bridgehead atoms. The first-order chi connectivity index (χ1) is 4.30. The van der Waals surface area contributed by atoms with Crippen molar-refractivity contribution in [2.45, 2.75) is 31.8 Å². The van der Waals surface area contributed by atoms with Crippen LogP contribution in [0.15, 0.2) is 0 Å². The van der Waals surface area contributed by atoms with E-state index in [1.807, 2.05) is 0 Å². The molecule has 1 saturated heterocycles. The molecule has 1 aliphatic heterocycles. The molecule has 0 aliphatic carbocycles. The zero-order valence-electron chi connectivity index (χ0n) is 5.71. The number of nitrogens with zero attached hydrogens (tertiary/aromatic N) is 1. The molecule has 0 amide bonds. The second kappa shape index (κ2) is 3.15. The van der Waals surface area contributed by atoms with Crippen LogP contribution in [0.25, 0.3) is 0 Å². The molecule has 0 aromatic carbocycles. The number of nitrogens with two attached hydrogens (primary N) is 2. The molecule has 1 fully saturated rings. The summed E-state index contributed by atoms with van der Waals surface area (Å²) in [7, 11) is 0. The molecule has 0 radical (unpaired) electrons. The van der Waals surface area contributed by atoms with Gasteiger partial charge in [-0.25, -0.2) is 5.01 Å². The van der Waals surface area contributed by atoms with E-state index in [2.05, 4.69) is 0 Å². The summed E-state index contributed by atoms with van der Waals surface area (Å²) in [5.41, 5.74) is 5.68. The van der Waals surface area contributed by atoms with E-state index in [9.17, 15) is 0 Å². The van der Waals surface area contributed by atoms with Crippen LogP contribution in [0.2, 0.25) is 0 Å². The summed E-state index contributed by atoms with van der Waals surface area (Å²) in [6.45, 7) is 0.959. The minimum Gasteiger partial charge on any atom is -0.315 e. The van der Waals surface area contributed by atoms with E-state index in [0.717, 1.165) is 13.0 Å². The van der Waals surface area contributed by atoms with Gasteiger partial charge in [-0.1, -0.05) is 12.8 Å². The summed E-state index contributed by atoms with van der Waals surface area (Å²) in [6.07, 6.45) is 4.87. The van der Waals surface area contributed by atoms with Crippen molar-refractivity contribution in [1.82, 2.24) is 5.01 Å². The predicted octanol–water partition coefficient (Wildman–Crippen LogP) is 0.0209. The van der Waals surface area contributed by atoms with Gasteiger partial charge in [-0.15, -0.1) is 0 Å². The average Bonchev–Trinajstić information content (AvgIpc) is 1.99. The van der Waals surface area contributed by atoms with Gasteiger partial charge in [0.1, 0.15) is 0 Å². The van der Waals surface area contributed by atoms with E-state index in [1.165, 1.54) is 19.3 Å². The largest absolute Gasteiger partial charge is 0.315 e. The van der Waals surface area contributed by atoms with Crippen LogP contribution < -0.4 is 11.6 Å². The Morgan fingerprint density at radius 3 is 2.78 bits per heavy atom. The quantitative estimate of drug-likeness (QED) is 0.453. The molecule has 9 heavy (non-hydrogen) atoms. The van der Waals surface area contributed by atoms with Gasteiger partial charge in [0.25, 0.3) is 0 Å². The molecule has 1 aliphatic rings. The number of hydrogen-bond donors (Lipinski definition) is 2. The Balaban J connectivity index is 2.32. The van der Waals surface area contributed by atoms with Gasteiger partial charge in [0.2, 0.25) is 0 Å². The van der Waals surface area contributed by atoms with Crippen molar-refractivity contribution >= 4 is 0 Å². The summed E-state index contributed by atoms with van der Waals surface area (Å²) in [5.74, 6) is 5.59. The lowest BCUT2D eigenvalue weighted by Gasteiger charge is -2.19. The Labute approximate surface area is 56.0 Å². The van der Waals surface area contributed by atoms with Crippen molar-refractivity contribution < 1.29 is 0 Å². The van der Waals surface area contributed by atoms with Crippen LogP contribution in [0.3, 0.4) is 0 Å². The lowest BCUT2D eigenvalue weighted by Crippen LogP contribution is -2.46. The molecule has 1 heterocycles. The van der Waals surface area contributed by atoms with Crippen LogP contribution >= 0.6 is 0 Å². The summed E-state index contributed by atoms with van der Waals surface area (Å²) >= 11 is 0. The van der Waals surface area contributed by atoms with Gasteiger partial charge in [0.15, 0.2) is 0 Å². The Bertz CT molecular complexity index is 74.4. The third-order valence-electron chi connectivity index (χ3n) is 1.84. The van der Waals surface area contributed by atoms with Crippen molar-refractivity contribution in [3.05, 3.63) is 0 Å². The Hall–Kier alpha value is -0.120. The maximum atomic E-state index is 5.68. The molecule has 0 spiro atoms. The Morgan fingerprint density at radius 1 is 1.22 bits per heavy atom. The molecule has 3 nitrogen and oxygen atoms in total. The van der Waals surface area contributed by atoms with E-state index >= 15 is 0 Å². The second-order valence-electron chi connectivity index (χ2n) is 2.65. The van der Waals surface area contributed by atoms with E-state index in [4.69, 9.17) is 11.6 Å². The molecule has 3 heteroatoms. The fourth-order valence-corrected chi connectivity index (χ4v) is 1.16. The van der Waals surface area contributed by atoms with Gasteiger partial charge < -0.3 is 5.73 Å². The predicted molar refractivity (Wildman–Crippen MR) is 37.3 cm³/mol. The van der Waals surface area contributed by atoms with Crippen LogP contribution in [0.1, 0.15) is 25.7 Å². The minimum atomic E-state index is 0.104. The molecule has 0 saturated carbocycles. The third-order valence-corrected chi connectivity index (χ3v) is 1.84. The summed E-state index contributed by atoms with van der Waals surface area (Å²) < 4.78 is 0. The molecule has 1 unspecified atom stereocenters. The van der Waals surface area contributed by atoms with Crippen LogP contribution in [-0.4, -0.2) is 17.7 Å². The van der Waals surface area contributed by atoms with Gasteiger partial charge in [0.05, 0.1) is 6.17 Å². The fraction of sp³-hybridized carbons (Fsp3) is 1.00. The molecule has 1 atom stereocenters. The van der Waals surface area contributed by atoms with Gasteiger partial charge >= 0.3 is 0 Å². The first-order valence-corrected chi connectivity index (χ1v) is 3.57. The highest BCUT2D eigenvalue weighted by atomic mass is 15.4. The monoisotopic (exact) mass is 129 g/mol. The highest BCUT2D eigenvalue weighted by Gasteiger charge is 2.12. The molecule has 54 valence electrons. The van der Waals surface area contributed by atoms with Crippen LogP contribution in [0, 0.1) is 0 Å². The minimum absolute atomic E-state index is 0.104. The second-order valence-corrected chi connectivity index (χ2v) is 2.65. The number of rotatable bonds is 0.